The average Bonchev–Trinajstić information content (AvgIpc) is 2.29. The third-order valence-corrected chi connectivity index (χ3v) is 3.55. The number of aliphatic hydroxyl groups excluding tert-OH is 1. The second-order valence-corrected chi connectivity index (χ2v) is 5.01. The van der Waals surface area contributed by atoms with E-state index in [1.807, 2.05) is 0 Å². The van der Waals surface area contributed by atoms with E-state index in [1.165, 1.54) is 25.0 Å². The summed E-state index contributed by atoms with van der Waals surface area (Å²) in [5, 5.41) is 9.70. The van der Waals surface area contributed by atoms with Crippen molar-refractivity contribution in [1.29, 1.82) is 0 Å². The highest BCUT2D eigenvalue weighted by Crippen LogP contribution is 2.20. The minimum absolute atomic E-state index is 0.215. The Bertz CT molecular complexity index is 286. The van der Waals surface area contributed by atoms with Crippen LogP contribution in [0.3, 0.4) is 0 Å². The lowest BCUT2D eigenvalue weighted by Crippen LogP contribution is -2.09. The van der Waals surface area contributed by atoms with E-state index < -0.39 is 0 Å². The molecule has 0 fully saturated rings. The molecule has 0 aliphatic heterocycles. The van der Waals surface area contributed by atoms with Crippen molar-refractivity contribution < 1.29 is 9.50 Å². The summed E-state index contributed by atoms with van der Waals surface area (Å²) in [5.74, 6) is 0.475. The van der Waals surface area contributed by atoms with Crippen molar-refractivity contribution in [1.82, 2.24) is 0 Å². The molecule has 1 nitrogen and oxygen atoms in total. The van der Waals surface area contributed by atoms with E-state index in [0.717, 1.165) is 17.7 Å². The Balaban J connectivity index is 2.20. The normalized spacial score (nSPS) is 12.7. The number of rotatable bonds is 7. The molecule has 1 rings (SSSR count). The van der Waals surface area contributed by atoms with Gasteiger partial charge >= 0.3 is 0 Å². The third-order valence-electron chi connectivity index (χ3n) is 2.40. The van der Waals surface area contributed by atoms with Crippen molar-refractivity contribution >= 4 is 11.8 Å². The zero-order valence-electron chi connectivity index (χ0n) is 9.66. The van der Waals surface area contributed by atoms with E-state index in [0.29, 0.717) is 5.75 Å². The molecule has 1 aromatic carbocycles. The molecule has 0 radical (unpaired) electrons. The van der Waals surface area contributed by atoms with Crippen LogP contribution in [0.5, 0.6) is 0 Å². The fraction of sp³-hybridized carbons (Fsp3) is 0.538. The van der Waals surface area contributed by atoms with Crippen LogP contribution in [0.4, 0.5) is 4.39 Å². The number of benzene rings is 1. The molecular formula is C13H19FOS. The van der Waals surface area contributed by atoms with Gasteiger partial charge < -0.3 is 5.11 Å². The standard InChI is InChI=1S/C13H19FOS/c1-2-3-4-5-12(15)10-16-13-8-6-11(14)7-9-13/h6-9,12,15H,2-5,10H2,1H3. The van der Waals surface area contributed by atoms with Gasteiger partial charge in [-0.25, -0.2) is 4.39 Å². The van der Waals surface area contributed by atoms with Crippen molar-refractivity contribution in [3.63, 3.8) is 0 Å². The molecule has 0 aliphatic rings. The zero-order chi connectivity index (χ0) is 11.8. The summed E-state index contributed by atoms with van der Waals surface area (Å²) >= 11 is 1.58. The SMILES string of the molecule is CCCCCC(O)CSc1ccc(F)cc1. The molecule has 1 atom stereocenters. The first-order valence-corrected chi connectivity index (χ1v) is 6.77. The molecule has 0 bridgehead atoms. The summed E-state index contributed by atoms with van der Waals surface area (Å²) in [6, 6.07) is 6.40. The predicted molar refractivity (Wildman–Crippen MR) is 67.3 cm³/mol. The molecule has 1 N–H and O–H groups in total. The van der Waals surface area contributed by atoms with Crippen LogP contribution in [0.1, 0.15) is 32.6 Å². The van der Waals surface area contributed by atoms with Gasteiger partial charge in [0.15, 0.2) is 0 Å². The number of unbranched alkanes of at least 4 members (excludes halogenated alkanes) is 2. The van der Waals surface area contributed by atoms with Crippen molar-refractivity contribution in [2.24, 2.45) is 0 Å². The molecule has 1 unspecified atom stereocenters. The molecular weight excluding hydrogens is 223 g/mol. The fourth-order valence-corrected chi connectivity index (χ4v) is 2.32. The first-order valence-electron chi connectivity index (χ1n) is 5.78. The summed E-state index contributed by atoms with van der Waals surface area (Å²) < 4.78 is 12.6. The molecule has 0 amide bonds. The van der Waals surface area contributed by atoms with Crippen molar-refractivity contribution in [3.05, 3.63) is 30.1 Å². The van der Waals surface area contributed by atoms with Gasteiger partial charge in [-0.05, 0) is 30.7 Å². The van der Waals surface area contributed by atoms with Crippen LogP contribution in [0.25, 0.3) is 0 Å². The Morgan fingerprint density at radius 3 is 2.56 bits per heavy atom. The van der Waals surface area contributed by atoms with Gasteiger partial charge in [0.1, 0.15) is 5.82 Å². The molecule has 0 aliphatic carbocycles. The van der Waals surface area contributed by atoms with E-state index in [9.17, 15) is 9.50 Å². The summed E-state index contributed by atoms with van der Waals surface area (Å²) in [6.45, 7) is 2.15. The number of halogens is 1. The van der Waals surface area contributed by atoms with Crippen molar-refractivity contribution in [2.75, 3.05) is 5.75 Å². The molecule has 3 heteroatoms. The number of thioether (sulfide) groups is 1. The topological polar surface area (TPSA) is 20.2 Å². The first-order chi connectivity index (χ1) is 7.72. The molecule has 0 saturated carbocycles. The highest BCUT2D eigenvalue weighted by atomic mass is 32.2. The van der Waals surface area contributed by atoms with Crippen LogP contribution in [0.2, 0.25) is 0 Å². The Hall–Kier alpha value is -0.540. The Labute approximate surface area is 101 Å². The minimum Gasteiger partial charge on any atom is -0.392 e. The molecule has 0 saturated heterocycles. The van der Waals surface area contributed by atoms with Crippen molar-refractivity contribution in [2.45, 2.75) is 43.6 Å². The van der Waals surface area contributed by atoms with Gasteiger partial charge in [0.25, 0.3) is 0 Å². The van der Waals surface area contributed by atoms with Gasteiger partial charge in [-0.15, -0.1) is 11.8 Å². The van der Waals surface area contributed by atoms with E-state index in [2.05, 4.69) is 6.92 Å². The number of aliphatic hydroxyl groups is 1. The quantitative estimate of drug-likeness (QED) is 0.579. The number of hydrogen-bond acceptors (Lipinski definition) is 2. The summed E-state index contributed by atoms with van der Waals surface area (Å²) in [4.78, 5) is 1.01. The van der Waals surface area contributed by atoms with Crippen LogP contribution >= 0.6 is 11.8 Å². The minimum atomic E-state index is -0.249. The summed E-state index contributed by atoms with van der Waals surface area (Å²) in [7, 11) is 0. The molecule has 0 aromatic heterocycles. The highest BCUT2D eigenvalue weighted by Gasteiger charge is 2.04. The van der Waals surface area contributed by atoms with E-state index >= 15 is 0 Å². The maximum absolute atomic E-state index is 12.6. The van der Waals surface area contributed by atoms with E-state index in [1.54, 1.807) is 23.9 Å². The lowest BCUT2D eigenvalue weighted by atomic mass is 10.1. The largest absolute Gasteiger partial charge is 0.392 e. The zero-order valence-corrected chi connectivity index (χ0v) is 10.5. The van der Waals surface area contributed by atoms with Gasteiger partial charge in [0.05, 0.1) is 6.10 Å². The molecule has 90 valence electrons. The van der Waals surface area contributed by atoms with Gasteiger partial charge in [-0.2, -0.15) is 0 Å². The van der Waals surface area contributed by atoms with Gasteiger partial charge in [-0.1, -0.05) is 26.2 Å². The number of hydrogen-bond donors (Lipinski definition) is 1. The lowest BCUT2D eigenvalue weighted by Gasteiger charge is -2.09. The first kappa shape index (κ1) is 13.5. The average molecular weight is 242 g/mol. The van der Waals surface area contributed by atoms with Crippen LogP contribution < -0.4 is 0 Å². The summed E-state index contributed by atoms with van der Waals surface area (Å²) in [5.41, 5.74) is 0. The molecule has 16 heavy (non-hydrogen) atoms. The lowest BCUT2D eigenvalue weighted by molar-refractivity contribution is 0.185. The van der Waals surface area contributed by atoms with Crippen molar-refractivity contribution in [3.8, 4) is 0 Å². The van der Waals surface area contributed by atoms with Gasteiger partial charge in [-0.3, -0.25) is 0 Å². The smallest absolute Gasteiger partial charge is 0.123 e. The molecule has 0 spiro atoms. The van der Waals surface area contributed by atoms with Gasteiger partial charge in [0, 0.05) is 10.6 Å². The maximum Gasteiger partial charge on any atom is 0.123 e. The summed E-state index contributed by atoms with van der Waals surface area (Å²) in [6.07, 6.45) is 4.06. The molecule has 1 aromatic rings. The molecule has 0 heterocycles. The second-order valence-electron chi connectivity index (χ2n) is 3.91. The van der Waals surface area contributed by atoms with Gasteiger partial charge in [0.2, 0.25) is 0 Å². The third kappa shape index (κ3) is 5.52. The van der Waals surface area contributed by atoms with E-state index in [-0.39, 0.29) is 11.9 Å². The van der Waals surface area contributed by atoms with Crippen LogP contribution in [0, 0.1) is 5.82 Å². The highest BCUT2D eigenvalue weighted by molar-refractivity contribution is 7.99. The van der Waals surface area contributed by atoms with E-state index in [4.69, 9.17) is 0 Å². The second kappa shape index (κ2) is 7.69. The predicted octanol–water partition coefficient (Wildman–Crippen LogP) is 3.86. The Morgan fingerprint density at radius 2 is 1.94 bits per heavy atom. The maximum atomic E-state index is 12.6. The Morgan fingerprint density at radius 1 is 1.25 bits per heavy atom. The van der Waals surface area contributed by atoms with Crippen LogP contribution in [-0.2, 0) is 0 Å². The monoisotopic (exact) mass is 242 g/mol. The Kier molecular flexibility index (Phi) is 6.50. The van der Waals surface area contributed by atoms with Crippen LogP contribution in [-0.4, -0.2) is 17.0 Å². The fourth-order valence-electron chi connectivity index (χ4n) is 1.44. The van der Waals surface area contributed by atoms with Crippen LogP contribution in [0.15, 0.2) is 29.2 Å².